The van der Waals surface area contributed by atoms with Crippen LogP contribution in [0, 0.1) is 5.92 Å². The van der Waals surface area contributed by atoms with Crippen LogP contribution < -0.4 is 4.90 Å². The summed E-state index contributed by atoms with van der Waals surface area (Å²) in [7, 11) is 0. The Morgan fingerprint density at radius 1 is 1.25 bits per heavy atom. The van der Waals surface area contributed by atoms with Gasteiger partial charge in [0.2, 0.25) is 0 Å². The van der Waals surface area contributed by atoms with E-state index in [2.05, 4.69) is 11.9 Å². The average Bonchev–Trinajstić information content (AvgIpc) is 2.48. The van der Waals surface area contributed by atoms with Gasteiger partial charge < -0.3 is 9.64 Å². The molecule has 3 heterocycles. The van der Waals surface area contributed by atoms with E-state index < -0.39 is 5.60 Å². The summed E-state index contributed by atoms with van der Waals surface area (Å²) in [5.74, 6) is 0.541. The van der Waals surface area contributed by atoms with E-state index in [1.807, 2.05) is 31.7 Å². The van der Waals surface area contributed by atoms with Gasteiger partial charge in [-0.2, -0.15) is 0 Å². The van der Waals surface area contributed by atoms with Gasteiger partial charge in [0.05, 0.1) is 11.4 Å². The fourth-order valence-electron chi connectivity index (χ4n) is 3.10. The monoisotopic (exact) mass is 331 g/mol. The number of aryl methyl sites for hydroxylation is 1. The first-order valence-electron chi connectivity index (χ1n) is 8.54. The highest BCUT2D eigenvalue weighted by Crippen LogP contribution is 2.28. The summed E-state index contributed by atoms with van der Waals surface area (Å²) in [6, 6.07) is 3.54. The Balaban J connectivity index is 1.79. The van der Waals surface area contributed by atoms with Crippen LogP contribution >= 0.6 is 0 Å². The maximum atomic E-state index is 12.4. The number of amides is 2. The van der Waals surface area contributed by atoms with E-state index in [1.165, 1.54) is 0 Å². The maximum Gasteiger partial charge on any atom is 0.414 e. The quantitative estimate of drug-likeness (QED) is 0.794. The molecule has 2 aliphatic heterocycles. The first-order chi connectivity index (χ1) is 11.2. The molecule has 0 saturated carbocycles. The van der Waals surface area contributed by atoms with E-state index in [9.17, 15) is 9.59 Å². The van der Waals surface area contributed by atoms with Crippen molar-refractivity contribution in [2.45, 2.75) is 46.1 Å². The lowest BCUT2D eigenvalue weighted by Gasteiger charge is -2.37. The summed E-state index contributed by atoms with van der Waals surface area (Å²) >= 11 is 0. The Kier molecular flexibility index (Phi) is 4.24. The molecule has 1 saturated heterocycles. The number of pyridine rings is 1. The lowest BCUT2D eigenvalue weighted by Crippen LogP contribution is -2.49. The van der Waals surface area contributed by atoms with Gasteiger partial charge in [-0.3, -0.25) is 9.69 Å². The van der Waals surface area contributed by atoms with Crippen LogP contribution in [-0.4, -0.2) is 47.1 Å². The van der Waals surface area contributed by atoms with Crippen LogP contribution in [0.3, 0.4) is 0 Å². The molecule has 0 bridgehead atoms. The second kappa shape index (κ2) is 6.07. The first kappa shape index (κ1) is 16.7. The van der Waals surface area contributed by atoms with E-state index in [0.717, 1.165) is 37.3 Å². The molecule has 0 radical (unpaired) electrons. The Hall–Kier alpha value is -2.11. The average molecular weight is 331 g/mol. The van der Waals surface area contributed by atoms with Crippen LogP contribution in [-0.2, 0) is 11.2 Å². The molecule has 0 unspecified atom stereocenters. The van der Waals surface area contributed by atoms with Crippen molar-refractivity contribution in [1.29, 1.82) is 0 Å². The molecule has 0 aliphatic carbocycles. The smallest absolute Gasteiger partial charge is 0.414 e. The minimum absolute atomic E-state index is 0.0229. The summed E-state index contributed by atoms with van der Waals surface area (Å²) < 4.78 is 5.47. The lowest BCUT2D eigenvalue weighted by molar-refractivity contribution is 0.0524. The van der Waals surface area contributed by atoms with Crippen molar-refractivity contribution in [3.8, 4) is 0 Å². The summed E-state index contributed by atoms with van der Waals surface area (Å²) in [6.07, 6.45) is 1.23. The molecule has 2 aliphatic rings. The zero-order valence-electron chi connectivity index (χ0n) is 14.8. The van der Waals surface area contributed by atoms with Crippen LogP contribution in [0.4, 0.5) is 10.5 Å². The number of nitrogens with zero attached hydrogens (tertiary/aromatic N) is 3. The first-order valence-corrected chi connectivity index (χ1v) is 8.54. The molecule has 3 rings (SSSR count). The fourth-order valence-corrected chi connectivity index (χ4v) is 3.10. The number of carbonyl (C=O) groups excluding carboxylic acids is 2. The molecule has 1 aromatic rings. The molecule has 0 N–H and O–H groups in total. The highest BCUT2D eigenvalue weighted by atomic mass is 16.6. The molecule has 6 nitrogen and oxygen atoms in total. The van der Waals surface area contributed by atoms with Gasteiger partial charge in [-0.15, -0.1) is 0 Å². The van der Waals surface area contributed by atoms with E-state index in [0.29, 0.717) is 18.2 Å². The number of ether oxygens (including phenoxy) is 1. The second-order valence-corrected chi connectivity index (χ2v) is 7.71. The van der Waals surface area contributed by atoms with Crippen LogP contribution in [0.2, 0.25) is 0 Å². The summed E-state index contributed by atoms with van der Waals surface area (Å²) in [6.45, 7) is 9.88. The standard InChI is InChI=1S/C18H25N3O3/c1-12-10-20(11-12)16(22)14-7-8-15-13(19-14)6-5-9-21(15)17(23)24-18(2,3)4/h7-8,12H,5-6,9-11H2,1-4H3. The number of likely N-dealkylation sites (tertiary alicyclic amines) is 1. The van der Waals surface area contributed by atoms with Crippen LogP contribution in [0.5, 0.6) is 0 Å². The van der Waals surface area contributed by atoms with Crippen molar-refractivity contribution >= 4 is 17.7 Å². The third-order valence-electron chi connectivity index (χ3n) is 4.22. The number of hydrogen-bond donors (Lipinski definition) is 0. The summed E-state index contributed by atoms with van der Waals surface area (Å²) in [5, 5.41) is 0. The SMILES string of the molecule is CC1CN(C(=O)c2ccc3c(n2)CCCN3C(=O)OC(C)(C)C)C1. The Labute approximate surface area is 142 Å². The molecular weight excluding hydrogens is 306 g/mol. The molecule has 0 atom stereocenters. The van der Waals surface area contributed by atoms with Gasteiger partial charge in [0.25, 0.3) is 5.91 Å². The van der Waals surface area contributed by atoms with Crippen molar-refractivity contribution < 1.29 is 14.3 Å². The van der Waals surface area contributed by atoms with E-state index >= 15 is 0 Å². The van der Waals surface area contributed by atoms with Gasteiger partial charge in [0, 0.05) is 19.6 Å². The zero-order valence-corrected chi connectivity index (χ0v) is 14.8. The van der Waals surface area contributed by atoms with Crippen LogP contribution in [0.1, 0.15) is 50.3 Å². The third kappa shape index (κ3) is 3.37. The van der Waals surface area contributed by atoms with Gasteiger partial charge in [0.1, 0.15) is 11.3 Å². The lowest BCUT2D eigenvalue weighted by atomic mass is 10.0. The van der Waals surface area contributed by atoms with Gasteiger partial charge in [-0.25, -0.2) is 9.78 Å². The molecule has 0 aromatic carbocycles. The normalized spacial score (nSPS) is 18.0. The van der Waals surface area contributed by atoms with Crippen molar-refractivity contribution in [3.63, 3.8) is 0 Å². The third-order valence-corrected chi connectivity index (χ3v) is 4.22. The Morgan fingerprint density at radius 3 is 2.58 bits per heavy atom. The molecular formula is C18H25N3O3. The molecule has 6 heteroatoms. The van der Waals surface area contributed by atoms with Crippen molar-refractivity contribution in [2.75, 3.05) is 24.5 Å². The highest BCUT2D eigenvalue weighted by Gasteiger charge is 2.31. The van der Waals surface area contributed by atoms with E-state index in [4.69, 9.17) is 4.74 Å². The number of anilines is 1. The predicted molar refractivity (Wildman–Crippen MR) is 91.2 cm³/mol. The molecule has 24 heavy (non-hydrogen) atoms. The minimum atomic E-state index is -0.535. The molecule has 0 spiro atoms. The van der Waals surface area contributed by atoms with Crippen molar-refractivity contribution in [3.05, 3.63) is 23.5 Å². The zero-order chi connectivity index (χ0) is 17.5. The van der Waals surface area contributed by atoms with Gasteiger partial charge in [0.15, 0.2) is 0 Å². The maximum absolute atomic E-state index is 12.4. The van der Waals surface area contributed by atoms with Crippen LogP contribution in [0.15, 0.2) is 12.1 Å². The molecule has 130 valence electrons. The Bertz CT molecular complexity index is 660. The summed E-state index contributed by atoms with van der Waals surface area (Å²) in [4.78, 5) is 32.8. The van der Waals surface area contributed by atoms with Gasteiger partial charge >= 0.3 is 6.09 Å². The Morgan fingerprint density at radius 2 is 1.96 bits per heavy atom. The number of fused-ring (bicyclic) bond motifs is 1. The van der Waals surface area contributed by atoms with Crippen molar-refractivity contribution in [2.24, 2.45) is 5.92 Å². The number of aromatic nitrogens is 1. The predicted octanol–water partition coefficient (Wildman–Crippen LogP) is 2.86. The molecule has 2 amide bonds. The highest BCUT2D eigenvalue weighted by molar-refractivity contribution is 5.94. The van der Waals surface area contributed by atoms with E-state index in [-0.39, 0.29) is 12.0 Å². The number of rotatable bonds is 1. The van der Waals surface area contributed by atoms with E-state index in [1.54, 1.807) is 11.0 Å². The molecule has 1 aromatic heterocycles. The van der Waals surface area contributed by atoms with Crippen LogP contribution in [0.25, 0.3) is 0 Å². The summed E-state index contributed by atoms with van der Waals surface area (Å²) in [5.41, 5.74) is 1.48. The van der Waals surface area contributed by atoms with Gasteiger partial charge in [-0.1, -0.05) is 6.92 Å². The number of carbonyl (C=O) groups is 2. The minimum Gasteiger partial charge on any atom is -0.443 e. The largest absolute Gasteiger partial charge is 0.443 e. The molecule has 1 fully saturated rings. The topological polar surface area (TPSA) is 62.7 Å². The number of hydrogen-bond acceptors (Lipinski definition) is 4. The van der Waals surface area contributed by atoms with Crippen molar-refractivity contribution in [1.82, 2.24) is 9.88 Å². The fraction of sp³-hybridized carbons (Fsp3) is 0.611. The van der Waals surface area contributed by atoms with Gasteiger partial charge in [-0.05, 0) is 51.7 Å². The second-order valence-electron chi connectivity index (χ2n) is 7.71.